The Hall–Kier alpha value is -2.42. The number of aromatic nitrogens is 4. The van der Waals surface area contributed by atoms with Crippen LogP contribution in [0.2, 0.25) is 0 Å². The lowest BCUT2D eigenvalue weighted by Gasteiger charge is -2.16. The average molecular weight is 332 g/mol. The minimum Gasteiger partial charge on any atom is -0.336 e. The van der Waals surface area contributed by atoms with Crippen LogP contribution in [-0.4, -0.2) is 55.4 Å². The number of nitrogens with one attached hydrogen (secondary N) is 1. The van der Waals surface area contributed by atoms with E-state index in [9.17, 15) is 9.59 Å². The lowest BCUT2D eigenvalue weighted by Crippen LogP contribution is -2.39. The molecule has 2 aromatic rings. The maximum Gasteiger partial charge on any atom is 0.324 e. The van der Waals surface area contributed by atoms with Gasteiger partial charge in [-0.25, -0.2) is 4.79 Å². The van der Waals surface area contributed by atoms with Crippen LogP contribution < -0.4 is 5.32 Å². The Morgan fingerprint density at radius 1 is 1.35 bits per heavy atom. The SMILES string of the molecule is Cc1ccc(-n2nnnc2S[C@@H](C)C(=O)N2CCNC2=O)cc1. The molecule has 3 amide bonds. The molecule has 8 nitrogen and oxygen atoms in total. The third-order valence-corrected chi connectivity index (χ3v) is 4.49. The summed E-state index contributed by atoms with van der Waals surface area (Å²) in [6, 6.07) is 7.41. The molecule has 0 unspecified atom stereocenters. The van der Waals surface area contributed by atoms with E-state index in [4.69, 9.17) is 0 Å². The molecule has 1 atom stereocenters. The molecule has 9 heteroatoms. The Labute approximate surface area is 137 Å². The molecule has 1 fully saturated rings. The van der Waals surface area contributed by atoms with E-state index in [0.717, 1.165) is 11.3 Å². The second-order valence-electron chi connectivity index (χ2n) is 5.19. The number of tetrazole rings is 1. The monoisotopic (exact) mass is 332 g/mol. The minimum atomic E-state index is -0.464. The van der Waals surface area contributed by atoms with Gasteiger partial charge in [0.25, 0.3) is 0 Å². The quantitative estimate of drug-likeness (QED) is 0.840. The highest BCUT2D eigenvalue weighted by molar-refractivity contribution is 8.00. The zero-order chi connectivity index (χ0) is 16.4. The normalized spacial score (nSPS) is 15.6. The molecule has 1 N–H and O–H groups in total. The van der Waals surface area contributed by atoms with E-state index < -0.39 is 5.25 Å². The van der Waals surface area contributed by atoms with E-state index in [1.807, 2.05) is 31.2 Å². The van der Waals surface area contributed by atoms with E-state index >= 15 is 0 Å². The number of urea groups is 1. The van der Waals surface area contributed by atoms with Crippen LogP contribution in [0.15, 0.2) is 29.4 Å². The molecule has 0 spiro atoms. The Balaban J connectivity index is 1.76. The fourth-order valence-corrected chi connectivity index (χ4v) is 3.08. The standard InChI is InChI=1S/C14H16N6O2S/c1-9-3-5-11(6-4-9)20-14(16-17-18-20)23-10(2)12(21)19-8-7-15-13(19)22/h3-6,10H,7-8H2,1-2H3,(H,15,22)/t10-/m0/s1. The molecule has 120 valence electrons. The minimum absolute atomic E-state index is 0.247. The number of benzene rings is 1. The van der Waals surface area contributed by atoms with Crippen molar-refractivity contribution in [2.45, 2.75) is 24.3 Å². The van der Waals surface area contributed by atoms with Crippen molar-refractivity contribution in [2.24, 2.45) is 0 Å². The first-order valence-corrected chi connectivity index (χ1v) is 8.05. The van der Waals surface area contributed by atoms with Gasteiger partial charge in [-0.05, 0) is 36.4 Å². The van der Waals surface area contributed by atoms with Crippen LogP contribution in [0.5, 0.6) is 0 Å². The summed E-state index contributed by atoms with van der Waals surface area (Å²) in [7, 11) is 0. The summed E-state index contributed by atoms with van der Waals surface area (Å²) in [6.45, 7) is 4.63. The second kappa shape index (κ2) is 6.37. The van der Waals surface area contributed by atoms with Crippen molar-refractivity contribution in [1.82, 2.24) is 30.4 Å². The van der Waals surface area contributed by atoms with Gasteiger partial charge >= 0.3 is 6.03 Å². The van der Waals surface area contributed by atoms with Crippen molar-refractivity contribution in [3.63, 3.8) is 0 Å². The van der Waals surface area contributed by atoms with Crippen molar-refractivity contribution < 1.29 is 9.59 Å². The van der Waals surface area contributed by atoms with Gasteiger partial charge in [0.15, 0.2) is 0 Å². The smallest absolute Gasteiger partial charge is 0.324 e. The molecule has 23 heavy (non-hydrogen) atoms. The van der Waals surface area contributed by atoms with E-state index in [2.05, 4.69) is 20.8 Å². The summed E-state index contributed by atoms with van der Waals surface area (Å²) < 4.78 is 1.58. The highest BCUT2D eigenvalue weighted by atomic mass is 32.2. The van der Waals surface area contributed by atoms with E-state index in [-0.39, 0.29) is 11.9 Å². The number of hydrogen-bond donors (Lipinski definition) is 1. The molecule has 0 aliphatic carbocycles. The Morgan fingerprint density at radius 2 is 2.09 bits per heavy atom. The van der Waals surface area contributed by atoms with Gasteiger partial charge in [0.1, 0.15) is 0 Å². The summed E-state index contributed by atoms with van der Waals surface area (Å²) >= 11 is 1.23. The first kappa shape index (κ1) is 15.5. The third-order valence-electron chi connectivity index (χ3n) is 3.47. The molecule has 0 radical (unpaired) electrons. The number of thioether (sulfide) groups is 1. The second-order valence-corrected chi connectivity index (χ2v) is 6.50. The van der Waals surface area contributed by atoms with Crippen molar-refractivity contribution in [1.29, 1.82) is 0 Å². The zero-order valence-electron chi connectivity index (χ0n) is 12.8. The molecule has 1 aliphatic heterocycles. The van der Waals surface area contributed by atoms with Crippen LogP contribution in [0.25, 0.3) is 5.69 Å². The maximum absolute atomic E-state index is 12.3. The van der Waals surface area contributed by atoms with Crippen molar-refractivity contribution in [3.8, 4) is 5.69 Å². The van der Waals surface area contributed by atoms with Crippen molar-refractivity contribution >= 4 is 23.7 Å². The van der Waals surface area contributed by atoms with Gasteiger partial charge in [-0.15, -0.1) is 5.10 Å². The molecule has 2 heterocycles. The van der Waals surface area contributed by atoms with Gasteiger partial charge < -0.3 is 5.32 Å². The van der Waals surface area contributed by atoms with Crippen molar-refractivity contribution in [2.75, 3.05) is 13.1 Å². The topological polar surface area (TPSA) is 93.0 Å². The zero-order valence-corrected chi connectivity index (χ0v) is 13.6. The molecule has 0 bridgehead atoms. The predicted molar refractivity (Wildman–Crippen MR) is 84.3 cm³/mol. The number of nitrogens with zero attached hydrogens (tertiary/aromatic N) is 5. The molecular weight excluding hydrogens is 316 g/mol. The van der Waals surface area contributed by atoms with Gasteiger partial charge in [-0.2, -0.15) is 4.68 Å². The highest BCUT2D eigenvalue weighted by Gasteiger charge is 2.31. The predicted octanol–water partition coefficient (Wildman–Crippen LogP) is 1.00. The van der Waals surface area contributed by atoms with Crippen LogP contribution in [-0.2, 0) is 4.79 Å². The Morgan fingerprint density at radius 3 is 2.74 bits per heavy atom. The van der Waals surface area contributed by atoms with Gasteiger partial charge in [0, 0.05) is 13.1 Å². The van der Waals surface area contributed by atoms with E-state index in [0.29, 0.717) is 18.2 Å². The van der Waals surface area contributed by atoms with Crippen LogP contribution in [0.3, 0.4) is 0 Å². The summed E-state index contributed by atoms with van der Waals surface area (Å²) in [4.78, 5) is 25.1. The number of hydrogen-bond acceptors (Lipinski definition) is 6. The number of amides is 3. The molecular formula is C14H16N6O2S. The first-order chi connectivity index (χ1) is 11.1. The van der Waals surface area contributed by atoms with Crippen LogP contribution in [0.4, 0.5) is 4.79 Å². The summed E-state index contributed by atoms with van der Waals surface area (Å²) in [5.41, 5.74) is 1.96. The van der Waals surface area contributed by atoms with Crippen molar-refractivity contribution in [3.05, 3.63) is 29.8 Å². The molecule has 1 aromatic heterocycles. The average Bonchev–Trinajstić information content (AvgIpc) is 3.16. The number of carbonyl (C=O) groups is 2. The Kier molecular flexibility index (Phi) is 4.28. The van der Waals surface area contributed by atoms with Gasteiger partial charge in [-0.1, -0.05) is 29.5 Å². The maximum atomic E-state index is 12.3. The van der Waals surface area contributed by atoms with Crippen LogP contribution >= 0.6 is 11.8 Å². The first-order valence-electron chi connectivity index (χ1n) is 7.17. The van der Waals surface area contributed by atoms with E-state index in [1.54, 1.807) is 11.6 Å². The summed E-state index contributed by atoms with van der Waals surface area (Å²) in [5.74, 6) is -0.247. The number of carbonyl (C=O) groups excluding carboxylic acids is 2. The lowest BCUT2D eigenvalue weighted by molar-refractivity contribution is -0.126. The van der Waals surface area contributed by atoms with Crippen LogP contribution in [0.1, 0.15) is 12.5 Å². The number of imide groups is 1. The summed E-state index contributed by atoms with van der Waals surface area (Å²) in [6.07, 6.45) is 0. The van der Waals surface area contributed by atoms with E-state index in [1.165, 1.54) is 16.7 Å². The Bertz CT molecular complexity index is 729. The van der Waals surface area contributed by atoms with Gasteiger partial charge in [0.05, 0.1) is 10.9 Å². The molecule has 3 rings (SSSR count). The largest absolute Gasteiger partial charge is 0.336 e. The third kappa shape index (κ3) is 3.19. The fourth-order valence-electron chi connectivity index (χ4n) is 2.21. The van der Waals surface area contributed by atoms with Gasteiger partial charge in [0.2, 0.25) is 11.1 Å². The number of aryl methyl sites for hydroxylation is 1. The summed E-state index contributed by atoms with van der Waals surface area (Å²) in [5, 5.41) is 14.3. The molecule has 1 saturated heterocycles. The number of rotatable bonds is 4. The fraction of sp³-hybridized carbons (Fsp3) is 0.357. The lowest BCUT2D eigenvalue weighted by atomic mass is 10.2. The highest BCUT2D eigenvalue weighted by Crippen LogP contribution is 2.24. The van der Waals surface area contributed by atoms with Gasteiger partial charge in [-0.3, -0.25) is 9.69 Å². The molecule has 1 aromatic carbocycles. The molecule has 1 aliphatic rings. The molecule has 0 saturated carbocycles. The van der Waals surface area contributed by atoms with Crippen LogP contribution in [0, 0.1) is 6.92 Å².